The highest BCUT2D eigenvalue weighted by Gasteiger charge is 2.30. The van der Waals surface area contributed by atoms with Crippen molar-refractivity contribution in [3.8, 4) is 11.5 Å². The lowest BCUT2D eigenvalue weighted by Crippen LogP contribution is -2.07. The van der Waals surface area contributed by atoms with Gasteiger partial charge in [0.2, 0.25) is 0 Å². The lowest BCUT2D eigenvalue weighted by molar-refractivity contribution is 0.101. The van der Waals surface area contributed by atoms with Crippen LogP contribution in [0.15, 0.2) is 23.4 Å². The Bertz CT molecular complexity index is 741. The monoisotopic (exact) mass is 347 g/mol. The van der Waals surface area contributed by atoms with Gasteiger partial charge < -0.3 is 14.0 Å². The van der Waals surface area contributed by atoms with Gasteiger partial charge in [-0.1, -0.05) is 11.8 Å². The lowest BCUT2D eigenvalue weighted by Gasteiger charge is -2.10. The first kappa shape index (κ1) is 16.8. The average molecular weight is 347 g/mol. The summed E-state index contributed by atoms with van der Waals surface area (Å²) in [5, 5.41) is 9.36. The third-order valence-electron chi connectivity index (χ3n) is 4.05. The van der Waals surface area contributed by atoms with E-state index < -0.39 is 0 Å². The van der Waals surface area contributed by atoms with Crippen molar-refractivity contribution in [2.75, 3.05) is 20.0 Å². The lowest BCUT2D eigenvalue weighted by atomic mass is 10.1. The van der Waals surface area contributed by atoms with E-state index in [1.165, 1.54) is 24.6 Å². The van der Waals surface area contributed by atoms with E-state index in [1.54, 1.807) is 32.4 Å². The van der Waals surface area contributed by atoms with E-state index in [0.717, 1.165) is 17.5 Å². The first-order valence-corrected chi connectivity index (χ1v) is 8.97. The van der Waals surface area contributed by atoms with Gasteiger partial charge in [0.25, 0.3) is 0 Å². The van der Waals surface area contributed by atoms with E-state index >= 15 is 0 Å². The topological polar surface area (TPSA) is 66.2 Å². The fraction of sp³-hybridized carbons (Fsp3) is 0.471. The van der Waals surface area contributed by atoms with Crippen molar-refractivity contribution < 1.29 is 14.3 Å². The number of hydrogen-bond acceptors (Lipinski definition) is 6. The molecule has 0 bridgehead atoms. The number of ketones is 1. The summed E-state index contributed by atoms with van der Waals surface area (Å²) in [6.45, 7) is 2.90. The molecule has 0 N–H and O–H groups in total. The van der Waals surface area contributed by atoms with Crippen molar-refractivity contribution in [3.63, 3.8) is 0 Å². The largest absolute Gasteiger partial charge is 0.497 e. The summed E-state index contributed by atoms with van der Waals surface area (Å²) in [4.78, 5) is 12.6. The molecule has 0 unspecified atom stereocenters. The normalized spacial score (nSPS) is 13.8. The maximum atomic E-state index is 12.6. The number of rotatable bonds is 8. The van der Waals surface area contributed by atoms with Crippen molar-refractivity contribution in [2.45, 2.75) is 37.4 Å². The van der Waals surface area contributed by atoms with E-state index in [-0.39, 0.29) is 5.78 Å². The molecule has 6 nitrogen and oxygen atoms in total. The van der Waals surface area contributed by atoms with E-state index in [0.29, 0.717) is 28.7 Å². The molecule has 1 aliphatic carbocycles. The maximum Gasteiger partial charge on any atom is 0.191 e. The van der Waals surface area contributed by atoms with Crippen LogP contribution in [0, 0.1) is 0 Å². The molecule has 1 saturated carbocycles. The number of ether oxygens (including phenoxy) is 2. The van der Waals surface area contributed by atoms with Crippen LogP contribution in [0.1, 0.15) is 41.9 Å². The Hall–Kier alpha value is -2.02. The Morgan fingerprint density at radius 1 is 1.29 bits per heavy atom. The summed E-state index contributed by atoms with van der Waals surface area (Å²) in [5.41, 5.74) is 0.552. The highest BCUT2D eigenvalue weighted by molar-refractivity contribution is 7.99. The first-order valence-electron chi connectivity index (χ1n) is 7.99. The zero-order valence-electron chi connectivity index (χ0n) is 14.1. The number of methoxy groups -OCH3 is 2. The second-order valence-corrected chi connectivity index (χ2v) is 6.58. The number of carbonyl (C=O) groups excluding carboxylic acids is 1. The number of thioether (sulfide) groups is 1. The van der Waals surface area contributed by atoms with E-state index in [4.69, 9.17) is 9.47 Å². The van der Waals surface area contributed by atoms with Gasteiger partial charge in [0.1, 0.15) is 17.3 Å². The standard InChI is InChI=1S/C17H21N3O3S/c1-4-20-16(11-5-6-11)18-19-17(20)24-10-14(21)13-8-7-12(22-2)9-15(13)23-3/h7-9,11H,4-6,10H2,1-3H3. The van der Waals surface area contributed by atoms with Gasteiger partial charge in [0, 0.05) is 18.5 Å². The molecule has 0 spiro atoms. The molecule has 1 fully saturated rings. The van der Waals surface area contributed by atoms with Crippen LogP contribution in [0.25, 0.3) is 0 Å². The summed E-state index contributed by atoms with van der Waals surface area (Å²) >= 11 is 1.42. The van der Waals surface area contributed by atoms with Crippen molar-refractivity contribution in [3.05, 3.63) is 29.6 Å². The molecule has 1 aromatic heterocycles. The summed E-state index contributed by atoms with van der Waals surface area (Å²) in [5.74, 6) is 3.08. The molecule has 0 radical (unpaired) electrons. The molecule has 0 atom stereocenters. The molecule has 0 amide bonds. The first-order chi connectivity index (χ1) is 11.7. The summed E-state index contributed by atoms with van der Waals surface area (Å²) < 4.78 is 12.6. The van der Waals surface area contributed by atoms with Crippen LogP contribution >= 0.6 is 11.8 Å². The van der Waals surface area contributed by atoms with E-state index in [2.05, 4.69) is 21.7 Å². The van der Waals surface area contributed by atoms with E-state index in [9.17, 15) is 4.79 Å². The molecular weight excluding hydrogens is 326 g/mol. The minimum Gasteiger partial charge on any atom is -0.497 e. The van der Waals surface area contributed by atoms with Gasteiger partial charge in [-0.05, 0) is 31.9 Å². The molecule has 2 aromatic rings. The maximum absolute atomic E-state index is 12.6. The zero-order valence-corrected chi connectivity index (χ0v) is 14.9. The Kier molecular flexibility index (Phi) is 5.08. The van der Waals surface area contributed by atoms with Gasteiger partial charge in [-0.15, -0.1) is 10.2 Å². The number of Topliss-reactive ketones (excluding diaryl/α,β-unsaturated/α-hetero) is 1. The molecular formula is C17H21N3O3S. The van der Waals surface area contributed by atoms with Gasteiger partial charge in [-0.2, -0.15) is 0 Å². The summed E-state index contributed by atoms with van der Waals surface area (Å²) in [6, 6.07) is 5.22. The minimum atomic E-state index is -0.00173. The van der Waals surface area contributed by atoms with Crippen LogP contribution in [0.5, 0.6) is 11.5 Å². The molecule has 128 valence electrons. The molecule has 0 saturated heterocycles. The average Bonchev–Trinajstić information content (AvgIpc) is 3.38. The van der Waals surface area contributed by atoms with Gasteiger partial charge >= 0.3 is 0 Å². The number of nitrogens with zero attached hydrogens (tertiary/aromatic N) is 3. The highest BCUT2D eigenvalue weighted by Crippen LogP contribution is 2.40. The number of hydrogen-bond donors (Lipinski definition) is 0. The van der Waals surface area contributed by atoms with Gasteiger partial charge in [-0.25, -0.2) is 0 Å². The Morgan fingerprint density at radius 2 is 2.08 bits per heavy atom. The predicted molar refractivity (Wildman–Crippen MR) is 92.3 cm³/mol. The molecule has 1 heterocycles. The third-order valence-corrected chi connectivity index (χ3v) is 5.01. The Morgan fingerprint density at radius 3 is 2.71 bits per heavy atom. The second-order valence-electron chi connectivity index (χ2n) is 5.64. The van der Waals surface area contributed by atoms with Crippen LogP contribution in [-0.2, 0) is 6.54 Å². The van der Waals surface area contributed by atoms with Gasteiger partial charge in [0.15, 0.2) is 10.9 Å². The van der Waals surface area contributed by atoms with Crippen LogP contribution in [-0.4, -0.2) is 40.5 Å². The quantitative estimate of drug-likeness (QED) is 0.540. The zero-order chi connectivity index (χ0) is 17.1. The molecule has 7 heteroatoms. The van der Waals surface area contributed by atoms with Gasteiger partial charge in [0.05, 0.1) is 25.5 Å². The molecule has 24 heavy (non-hydrogen) atoms. The Labute approximate surface area is 145 Å². The Balaban J connectivity index is 1.72. The van der Waals surface area contributed by atoms with Crippen molar-refractivity contribution >= 4 is 17.5 Å². The fourth-order valence-electron chi connectivity index (χ4n) is 2.58. The van der Waals surface area contributed by atoms with Crippen LogP contribution in [0.4, 0.5) is 0 Å². The SMILES string of the molecule is CCn1c(SCC(=O)c2ccc(OC)cc2OC)nnc1C1CC1. The van der Waals surface area contributed by atoms with Crippen molar-refractivity contribution in [2.24, 2.45) is 0 Å². The molecule has 0 aliphatic heterocycles. The number of carbonyl (C=O) groups is 1. The van der Waals surface area contributed by atoms with Crippen molar-refractivity contribution in [1.29, 1.82) is 0 Å². The van der Waals surface area contributed by atoms with Crippen LogP contribution in [0.3, 0.4) is 0 Å². The van der Waals surface area contributed by atoms with Crippen LogP contribution < -0.4 is 9.47 Å². The molecule has 1 aromatic carbocycles. The number of benzene rings is 1. The summed E-state index contributed by atoms with van der Waals surface area (Å²) in [6.07, 6.45) is 2.37. The van der Waals surface area contributed by atoms with E-state index in [1.807, 2.05) is 0 Å². The van der Waals surface area contributed by atoms with Gasteiger partial charge in [-0.3, -0.25) is 4.79 Å². The highest BCUT2D eigenvalue weighted by atomic mass is 32.2. The smallest absolute Gasteiger partial charge is 0.191 e. The van der Waals surface area contributed by atoms with Crippen molar-refractivity contribution in [1.82, 2.24) is 14.8 Å². The second kappa shape index (κ2) is 7.25. The minimum absolute atomic E-state index is 0.00173. The fourth-order valence-corrected chi connectivity index (χ4v) is 3.48. The summed E-state index contributed by atoms with van der Waals surface area (Å²) in [7, 11) is 3.13. The number of aromatic nitrogens is 3. The van der Waals surface area contributed by atoms with Crippen LogP contribution in [0.2, 0.25) is 0 Å². The molecule has 1 aliphatic rings. The predicted octanol–water partition coefficient (Wildman–Crippen LogP) is 3.17. The molecule has 3 rings (SSSR count). The third kappa shape index (κ3) is 3.40.